The van der Waals surface area contributed by atoms with Gasteiger partial charge in [-0.1, -0.05) is 23.2 Å². The monoisotopic (exact) mass is 381 g/mol. The van der Waals surface area contributed by atoms with Gasteiger partial charge in [0, 0.05) is 5.02 Å². The Bertz CT molecular complexity index is 927. The molecule has 0 radical (unpaired) electrons. The molecule has 1 amide bonds. The van der Waals surface area contributed by atoms with Crippen molar-refractivity contribution in [2.24, 2.45) is 0 Å². The van der Waals surface area contributed by atoms with E-state index in [4.69, 9.17) is 27.9 Å². The van der Waals surface area contributed by atoms with Crippen LogP contribution in [0.2, 0.25) is 10.0 Å². The molecule has 3 rings (SSSR count). The summed E-state index contributed by atoms with van der Waals surface area (Å²) in [7, 11) is 0. The molecule has 2 heterocycles. The van der Waals surface area contributed by atoms with Crippen molar-refractivity contribution < 1.29 is 9.53 Å². The molecule has 1 aromatic carbocycles. The number of aryl methyl sites for hydroxylation is 1. The van der Waals surface area contributed by atoms with Gasteiger partial charge in [0.25, 0.3) is 5.91 Å². The van der Waals surface area contributed by atoms with E-state index in [9.17, 15) is 4.79 Å². The van der Waals surface area contributed by atoms with Crippen molar-refractivity contribution in [1.82, 2.24) is 9.97 Å². The average molecular weight is 382 g/mol. The molecule has 2 aromatic heterocycles. The molecular weight excluding hydrogens is 369 g/mol. The molecule has 0 fully saturated rings. The number of nitrogens with one attached hydrogen (secondary N) is 1. The molecule has 0 unspecified atom stereocenters. The van der Waals surface area contributed by atoms with Crippen LogP contribution >= 0.6 is 34.5 Å². The number of carbonyl (C=O) groups excluding carboxylic acids is 1. The van der Waals surface area contributed by atoms with Gasteiger partial charge in [-0.05, 0) is 37.6 Å². The molecular formula is C16H13Cl2N3O2S. The second-order valence-electron chi connectivity index (χ2n) is 4.93. The highest BCUT2D eigenvalue weighted by molar-refractivity contribution is 7.20. The summed E-state index contributed by atoms with van der Waals surface area (Å²) < 4.78 is 5.53. The molecule has 0 bridgehead atoms. The number of thiophene rings is 1. The van der Waals surface area contributed by atoms with Crippen molar-refractivity contribution in [3.8, 4) is 5.88 Å². The number of amides is 1. The summed E-state index contributed by atoms with van der Waals surface area (Å²) in [6, 6.07) is 4.90. The SMILES string of the molecule is CCOc1ncnc2sc(C(=O)Nc3cc(Cl)ccc3Cl)c(C)c12. The van der Waals surface area contributed by atoms with Gasteiger partial charge in [0.05, 0.1) is 27.6 Å². The van der Waals surface area contributed by atoms with E-state index in [0.717, 1.165) is 10.9 Å². The van der Waals surface area contributed by atoms with E-state index >= 15 is 0 Å². The molecule has 124 valence electrons. The van der Waals surface area contributed by atoms with Crippen molar-refractivity contribution in [2.75, 3.05) is 11.9 Å². The Balaban J connectivity index is 2.00. The van der Waals surface area contributed by atoms with E-state index in [1.807, 2.05) is 13.8 Å². The number of aromatic nitrogens is 2. The number of rotatable bonds is 4. The van der Waals surface area contributed by atoms with Gasteiger partial charge >= 0.3 is 0 Å². The van der Waals surface area contributed by atoms with Crippen molar-refractivity contribution >= 4 is 56.3 Å². The predicted molar refractivity (Wildman–Crippen MR) is 97.7 cm³/mol. The largest absolute Gasteiger partial charge is 0.477 e. The van der Waals surface area contributed by atoms with E-state index in [0.29, 0.717) is 37.9 Å². The quantitative estimate of drug-likeness (QED) is 0.693. The number of halogens is 2. The third-order valence-electron chi connectivity index (χ3n) is 3.36. The third kappa shape index (κ3) is 3.17. The van der Waals surface area contributed by atoms with E-state index in [-0.39, 0.29) is 5.91 Å². The van der Waals surface area contributed by atoms with E-state index in [1.165, 1.54) is 17.7 Å². The smallest absolute Gasteiger partial charge is 0.266 e. The number of benzene rings is 1. The van der Waals surface area contributed by atoms with E-state index < -0.39 is 0 Å². The number of carbonyl (C=O) groups is 1. The lowest BCUT2D eigenvalue weighted by Gasteiger charge is -2.07. The summed E-state index contributed by atoms with van der Waals surface area (Å²) in [5.41, 5.74) is 1.23. The molecule has 0 aliphatic carbocycles. The zero-order valence-electron chi connectivity index (χ0n) is 12.9. The summed E-state index contributed by atoms with van der Waals surface area (Å²) in [5.74, 6) is 0.207. The van der Waals surface area contributed by atoms with Crippen molar-refractivity contribution in [3.05, 3.63) is 45.0 Å². The van der Waals surface area contributed by atoms with Crippen molar-refractivity contribution in [3.63, 3.8) is 0 Å². The highest BCUT2D eigenvalue weighted by Gasteiger charge is 2.20. The average Bonchev–Trinajstić information content (AvgIpc) is 2.89. The Morgan fingerprint density at radius 3 is 2.88 bits per heavy atom. The van der Waals surface area contributed by atoms with Gasteiger partial charge in [-0.2, -0.15) is 0 Å². The van der Waals surface area contributed by atoms with Gasteiger partial charge in [-0.15, -0.1) is 11.3 Å². The molecule has 5 nitrogen and oxygen atoms in total. The number of nitrogens with zero attached hydrogens (tertiary/aromatic N) is 2. The van der Waals surface area contributed by atoms with Crippen LogP contribution in [0.25, 0.3) is 10.2 Å². The maximum atomic E-state index is 12.6. The normalized spacial score (nSPS) is 10.8. The first kappa shape index (κ1) is 17.0. The Morgan fingerprint density at radius 1 is 1.33 bits per heavy atom. The standard InChI is InChI=1S/C16H13Cl2N3O2S/c1-3-23-15-12-8(2)13(24-16(12)20-7-19-15)14(22)21-11-6-9(17)4-5-10(11)18/h4-7H,3H2,1-2H3,(H,21,22). The lowest BCUT2D eigenvalue weighted by molar-refractivity contribution is 0.103. The zero-order valence-corrected chi connectivity index (χ0v) is 15.2. The second-order valence-corrected chi connectivity index (χ2v) is 6.77. The summed E-state index contributed by atoms with van der Waals surface area (Å²) in [4.78, 5) is 22.2. The number of hydrogen-bond acceptors (Lipinski definition) is 5. The summed E-state index contributed by atoms with van der Waals surface area (Å²) >= 11 is 13.3. The maximum Gasteiger partial charge on any atom is 0.266 e. The Morgan fingerprint density at radius 2 is 2.12 bits per heavy atom. The van der Waals surface area contributed by atoms with Crippen LogP contribution in [0.4, 0.5) is 5.69 Å². The molecule has 0 spiro atoms. The van der Waals surface area contributed by atoms with Crippen LogP contribution in [-0.4, -0.2) is 22.5 Å². The highest BCUT2D eigenvalue weighted by Crippen LogP contribution is 2.35. The van der Waals surface area contributed by atoms with E-state index in [2.05, 4.69) is 15.3 Å². The van der Waals surface area contributed by atoms with Gasteiger partial charge in [-0.3, -0.25) is 4.79 Å². The Hall–Kier alpha value is -1.89. The van der Waals surface area contributed by atoms with Crippen LogP contribution in [0.15, 0.2) is 24.5 Å². The summed E-state index contributed by atoms with van der Waals surface area (Å²) in [6.45, 7) is 4.21. The van der Waals surface area contributed by atoms with Crippen molar-refractivity contribution in [2.45, 2.75) is 13.8 Å². The number of fused-ring (bicyclic) bond motifs is 1. The molecule has 0 saturated carbocycles. The first-order valence-corrected chi connectivity index (χ1v) is 8.71. The van der Waals surface area contributed by atoms with Gasteiger partial charge in [-0.25, -0.2) is 9.97 Å². The summed E-state index contributed by atoms with van der Waals surface area (Å²) in [6.07, 6.45) is 1.43. The fraction of sp³-hybridized carbons (Fsp3) is 0.188. The van der Waals surface area contributed by atoms with Crippen LogP contribution < -0.4 is 10.1 Å². The zero-order chi connectivity index (χ0) is 17.3. The minimum atomic E-state index is -0.276. The van der Waals surface area contributed by atoms with Gasteiger partial charge in [0.2, 0.25) is 5.88 Å². The van der Waals surface area contributed by atoms with Gasteiger partial charge in [0.1, 0.15) is 11.2 Å². The first-order valence-electron chi connectivity index (χ1n) is 7.14. The predicted octanol–water partition coefficient (Wildman–Crippen LogP) is 4.96. The van der Waals surface area contributed by atoms with Crippen molar-refractivity contribution in [1.29, 1.82) is 0 Å². The molecule has 0 aliphatic heterocycles. The number of hydrogen-bond donors (Lipinski definition) is 1. The van der Waals surface area contributed by atoms with Crippen LogP contribution in [0.1, 0.15) is 22.2 Å². The van der Waals surface area contributed by atoms with Gasteiger partial charge in [0.15, 0.2) is 0 Å². The van der Waals surface area contributed by atoms with Crippen LogP contribution in [0, 0.1) is 6.92 Å². The van der Waals surface area contributed by atoms with Crippen LogP contribution in [-0.2, 0) is 0 Å². The Labute approximate surface area is 152 Å². The minimum Gasteiger partial charge on any atom is -0.477 e. The molecule has 24 heavy (non-hydrogen) atoms. The Kier molecular flexibility index (Phi) is 4.89. The minimum absolute atomic E-state index is 0.276. The highest BCUT2D eigenvalue weighted by atomic mass is 35.5. The first-order chi connectivity index (χ1) is 11.5. The molecule has 0 atom stereocenters. The third-order valence-corrected chi connectivity index (χ3v) is 5.12. The molecule has 0 saturated heterocycles. The van der Waals surface area contributed by atoms with Gasteiger partial charge < -0.3 is 10.1 Å². The molecule has 1 N–H and O–H groups in total. The fourth-order valence-corrected chi connectivity index (χ4v) is 3.65. The molecule has 8 heteroatoms. The van der Waals surface area contributed by atoms with Crippen LogP contribution in [0.3, 0.4) is 0 Å². The molecule has 3 aromatic rings. The number of ether oxygens (including phenoxy) is 1. The molecule has 0 aliphatic rings. The van der Waals surface area contributed by atoms with E-state index in [1.54, 1.807) is 18.2 Å². The topological polar surface area (TPSA) is 64.1 Å². The second kappa shape index (κ2) is 6.93. The lowest BCUT2D eigenvalue weighted by atomic mass is 10.2. The lowest BCUT2D eigenvalue weighted by Crippen LogP contribution is -2.11. The number of anilines is 1. The fourth-order valence-electron chi connectivity index (χ4n) is 2.27. The summed E-state index contributed by atoms with van der Waals surface area (Å²) in [5, 5.41) is 4.45. The maximum absolute atomic E-state index is 12.6. The van der Waals surface area contributed by atoms with Crippen LogP contribution in [0.5, 0.6) is 5.88 Å².